The Balaban J connectivity index is 2.86. The molecule has 0 aromatic carbocycles. The van der Waals surface area contributed by atoms with Gasteiger partial charge in [-0.15, -0.1) is 0 Å². The van der Waals surface area contributed by atoms with Gasteiger partial charge in [-0.05, 0) is 19.2 Å². The standard InChI is InChI=1S/C9H10N2O3S/c1-3-14-8(13)7(12)6-4-5-10-9(11-6)15-2/h4-5H,3H2,1-2H3. The van der Waals surface area contributed by atoms with Crippen LogP contribution in [0.15, 0.2) is 17.4 Å². The van der Waals surface area contributed by atoms with E-state index < -0.39 is 11.8 Å². The van der Waals surface area contributed by atoms with Gasteiger partial charge in [0.25, 0.3) is 5.78 Å². The van der Waals surface area contributed by atoms with Gasteiger partial charge >= 0.3 is 5.97 Å². The second-order valence-corrected chi connectivity index (χ2v) is 3.25. The summed E-state index contributed by atoms with van der Waals surface area (Å²) in [7, 11) is 0. The fraction of sp³-hybridized carbons (Fsp3) is 0.333. The lowest BCUT2D eigenvalue weighted by molar-refractivity contribution is -0.137. The van der Waals surface area contributed by atoms with Crippen molar-refractivity contribution in [1.82, 2.24) is 9.97 Å². The summed E-state index contributed by atoms with van der Waals surface area (Å²) in [5.41, 5.74) is 0.0628. The van der Waals surface area contributed by atoms with Crippen molar-refractivity contribution in [3.05, 3.63) is 18.0 Å². The van der Waals surface area contributed by atoms with Crippen LogP contribution in [0.2, 0.25) is 0 Å². The van der Waals surface area contributed by atoms with Crippen molar-refractivity contribution in [3.63, 3.8) is 0 Å². The Morgan fingerprint density at radius 1 is 1.53 bits per heavy atom. The Kier molecular flexibility index (Phi) is 4.23. The van der Waals surface area contributed by atoms with Gasteiger partial charge in [-0.2, -0.15) is 0 Å². The normalized spacial score (nSPS) is 9.73. The zero-order chi connectivity index (χ0) is 11.3. The first-order chi connectivity index (χ1) is 7.19. The lowest BCUT2D eigenvalue weighted by atomic mass is 10.3. The van der Waals surface area contributed by atoms with Gasteiger partial charge in [0.2, 0.25) is 0 Å². The highest BCUT2D eigenvalue weighted by molar-refractivity contribution is 7.98. The summed E-state index contributed by atoms with van der Waals surface area (Å²) < 4.78 is 4.58. The molecule has 0 N–H and O–H groups in total. The number of ketones is 1. The van der Waals surface area contributed by atoms with Crippen molar-refractivity contribution in [2.75, 3.05) is 12.9 Å². The average molecular weight is 226 g/mol. The zero-order valence-electron chi connectivity index (χ0n) is 8.39. The SMILES string of the molecule is CCOC(=O)C(=O)c1ccnc(SC)n1. The predicted molar refractivity (Wildman–Crippen MR) is 54.8 cm³/mol. The minimum Gasteiger partial charge on any atom is -0.460 e. The van der Waals surface area contributed by atoms with Crippen LogP contribution in [0.1, 0.15) is 17.4 Å². The zero-order valence-corrected chi connectivity index (χ0v) is 9.21. The van der Waals surface area contributed by atoms with E-state index in [1.165, 1.54) is 24.0 Å². The molecule has 0 spiro atoms. The lowest BCUT2D eigenvalue weighted by Gasteiger charge is -2.00. The van der Waals surface area contributed by atoms with Crippen LogP contribution in [-0.4, -0.2) is 34.6 Å². The Hall–Kier alpha value is -1.43. The van der Waals surface area contributed by atoms with Crippen LogP contribution in [0.3, 0.4) is 0 Å². The summed E-state index contributed by atoms with van der Waals surface area (Å²) in [5, 5.41) is 0.449. The smallest absolute Gasteiger partial charge is 0.381 e. The quantitative estimate of drug-likeness (QED) is 0.250. The van der Waals surface area contributed by atoms with Crippen molar-refractivity contribution in [3.8, 4) is 0 Å². The molecular weight excluding hydrogens is 216 g/mol. The highest BCUT2D eigenvalue weighted by atomic mass is 32.2. The van der Waals surface area contributed by atoms with Crippen LogP contribution >= 0.6 is 11.8 Å². The molecule has 1 aromatic heterocycles. The van der Waals surface area contributed by atoms with Crippen molar-refractivity contribution in [1.29, 1.82) is 0 Å². The van der Waals surface area contributed by atoms with Gasteiger partial charge in [0, 0.05) is 6.20 Å². The van der Waals surface area contributed by atoms with E-state index in [0.29, 0.717) is 5.16 Å². The number of carbonyl (C=O) groups is 2. The van der Waals surface area contributed by atoms with E-state index >= 15 is 0 Å². The molecule has 0 unspecified atom stereocenters. The first-order valence-electron chi connectivity index (χ1n) is 4.27. The number of aromatic nitrogens is 2. The minimum absolute atomic E-state index is 0.0628. The van der Waals surface area contributed by atoms with Gasteiger partial charge < -0.3 is 4.74 Å². The molecule has 5 nitrogen and oxygen atoms in total. The molecule has 0 aliphatic rings. The summed E-state index contributed by atoms with van der Waals surface area (Å²) in [5.74, 6) is -1.63. The fourth-order valence-corrected chi connectivity index (χ4v) is 1.22. The van der Waals surface area contributed by atoms with E-state index in [2.05, 4.69) is 14.7 Å². The molecular formula is C9H10N2O3S. The molecule has 0 aliphatic heterocycles. The number of hydrogen-bond donors (Lipinski definition) is 0. The third-order valence-electron chi connectivity index (χ3n) is 1.51. The predicted octanol–water partition coefficient (Wildman–Crippen LogP) is 0.944. The molecule has 0 atom stereocenters. The molecule has 0 saturated carbocycles. The van der Waals surface area contributed by atoms with Crippen molar-refractivity contribution in [2.24, 2.45) is 0 Å². The van der Waals surface area contributed by atoms with Gasteiger partial charge in [0.05, 0.1) is 6.61 Å². The summed E-state index contributed by atoms with van der Waals surface area (Å²) in [6, 6.07) is 1.39. The van der Waals surface area contributed by atoms with Gasteiger partial charge in [-0.25, -0.2) is 14.8 Å². The molecule has 1 aromatic rings. The fourth-order valence-electron chi connectivity index (χ4n) is 0.867. The Morgan fingerprint density at radius 2 is 2.27 bits per heavy atom. The molecule has 1 heterocycles. The van der Waals surface area contributed by atoms with Gasteiger partial charge in [0.1, 0.15) is 5.69 Å². The van der Waals surface area contributed by atoms with E-state index in [4.69, 9.17) is 0 Å². The largest absolute Gasteiger partial charge is 0.460 e. The molecule has 1 rings (SSSR count). The van der Waals surface area contributed by atoms with E-state index in [-0.39, 0.29) is 12.3 Å². The maximum absolute atomic E-state index is 11.4. The summed E-state index contributed by atoms with van der Waals surface area (Å²) in [6.45, 7) is 1.81. The highest BCUT2D eigenvalue weighted by Gasteiger charge is 2.19. The van der Waals surface area contributed by atoms with E-state index in [0.717, 1.165) is 0 Å². The average Bonchev–Trinajstić information content (AvgIpc) is 2.28. The monoisotopic (exact) mass is 226 g/mol. The summed E-state index contributed by atoms with van der Waals surface area (Å²) in [4.78, 5) is 30.3. The van der Waals surface area contributed by atoms with Gasteiger partial charge in [-0.1, -0.05) is 11.8 Å². The summed E-state index contributed by atoms with van der Waals surface area (Å²) in [6.07, 6.45) is 3.22. The minimum atomic E-state index is -0.886. The lowest BCUT2D eigenvalue weighted by Crippen LogP contribution is -2.19. The molecule has 0 amide bonds. The first-order valence-corrected chi connectivity index (χ1v) is 5.50. The van der Waals surface area contributed by atoms with Crippen molar-refractivity contribution in [2.45, 2.75) is 12.1 Å². The Labute approximate surface area is 91.3 Å². The molecule has 0 radical (unpaired) electrons. The number of hydrogen-bond acceptors (Lipinski definition) is 6. The molecule has 80 valence electrons. The van der Waals surface area contributed by atoms with Crippen LogP contribution < -0.4 is 0 Å². The Morgan fingerprint density at radius 3 is 2.87 bits per heavy atom. The number of thioether (sulfide) groups is 1. The number of ether oxygens (including phenoxy) is 1. The molecule has 0 bridgehead atoms. The van der Waals surface area contributed by atoms with Crippen LogP contribution in [0.25, 0.3) is 0 Å². The third-order valence-corrected chi connectivity index (χ3v) is 2.07. The van der Waals surface area contributed by atoms with E-state index in [1.54, 1.807) is 13.2 Å². The van der Waals surface area contributed by atoms with E-state index in [1.807, 2.05) is 0 Å². The molecule has 0 saturated heterocycles. The maximum Gasteiger partial charge on any atom is 0.381 e. The number of carbonyl (C=O) groups excluding carboxylic acids is 2. The molecule has 6 heteroatoms. The maximum atomic E-state index is 11.4. The van der Waals surface area contributed by atoms with Gasteiger partial charge in [-0.3, -0.25) is 4.79 Å². The van der Waals surface area contributed by atoms with Crippen LogP contribution in [-0.2, 0) is 9.53 Å². The topological polar surface area (TPSA) is 69.2 Å². The van der Waals surface area contributed by atoms with Gasteiger partial charge in [0.15, 0.2) is 5.16 Å². The van der Waals surface area contributed by atoms with Crippen molar-refractivity contribution < 1.29 is 14.3 Å². The second kappa shape index (κ2) is 5.45. The Bertz CT molecular complexity index is 381. The molecule has 0 aliphatic carbocycles. The summed E-state index contributed by atoms with van der Waals surface area (Å²) >= 11 is 1.30. The van der Waals surface area contributed by atoms with Crippen molar-refractivity contribution >= 4 is 23.5 Å². The number of Topliss-reactive ketones (excluding diaryl/α,β-unsaturated/α-hetero) is 1. The number of nitrogens with zero attached hydrogens (tertiary/aromatic N) is 2. The molecule has 15 heavy (non-hydrogen) atoms. The van der Waals surface area contributed by atoms with Crippen LogP contribution in [0, 0.1) is 0 Å². The second-order valence-electron chi connectivity index (χ2n) is 2.48. The van der Waals surface area contributed by atoms with Crippen LogP contribution in [0.4, 0.5) is 0 Å². The van der Waals surface area contributed by atoms with Crippen LogP contribution in [0.5, 0.6) is 0 Å². The number of esters is 1. The number of rotatable bonds is 4. The highest BCUT2D eigenvalue weighted by Crippen LogP contribution is 2.08. The third kappa shape index (κ3) is 3.02. The first kappa shape index (κ1) is 11.6. The van der Waals surface area contributed by atoms with E-state index in [9.17, 15) is 9.59 Å². The molecule has 0 fully saturated rings.